The first-order valence-electron chi connectivity index (χ1n) is 16.3. The standard InChI is InChI=1S/C40H37BN2Si/c1-24-22-31-35-32(23-24)43-36-27(39(4)38(2,3)25-14-8-9-15-26(25)40(39,43)5)16-12-17-28(36)41(35)29-18-13-21-34-37(29)42(31)30-19-10-11-20-33(30)44(34,6)7/h8-23H,1-7H3. The second-order valence-electron chi connectivity index (χ2n) is 15.3. The minimum atomic E-state index is -1.92. The van der Waals surface area contributed by atoms with E-state index < -0.39 is 8.07 Å². The number of rotatable bonds is 0. The van der Waals surface area contributed by atoms with E-state index in [-0.39, 0.29) is 23.1 Å². The van der Waals surface area contributed by atoms with Crippen LogP contribution < -0.4 is 36.6 Å². The van der Waals surface area contributed by atoms with Crippen molar-refractivity contribution < 1.29 is 0 Å². The molecule has 0 spiro atoms. The number of hydrogen-bond acceptors (Lipinski definition) is 2. The van der Waals surface area contributed by atoms with Crippen LogP contribution in [0.25, 0.3) is 0 Å². The summed E-state index contributed by atoms with van der Waals surface area (Å²) in [5.74, 6) is 0. The highest BCUT2D eigenvalue weighted by molar-refractivity contribution is 7.05. The highest BCUT2D eigenvalue weighted by Gasteiger charge is 2.71. The maximum atomic E-state index is 2.80. The Bertz CT molecular complexity index is 2160. The van der Waals surface area contributed by atoms with E-state index in [0.29, 0.717) is 0 Å². The van der Waals surface area contributed by atoms with Crippen molar-refractivity contribution in [2.45, 2.75) is 64.1 Å². The molecule has 44 heavy (non-hydrogen) atoms. The molecule has 2 unspecified atom stereocenters. The molecule has 0 aromatic heterocycles. The quantitative estimate of drug-likeness (QED) is 0.192. The number of nitrogens with zero attached hydrogens (tertiary/aromatic N) is 2. The van der Waals surface area contributed by atoms with E-state index in [4.69, 9.17) is 0 Å². The van der Waals surface area contributed by atoms with Gasteiger partial charge in [-0.1, -0.05) is 113 Å². The summed E-state index contributed by atoms with van der Waals surface area (Å²) in [6.07, 6.45) is 0. The summed E-state index contributed by atoms with van der Waals surface area (Å²) >= 11 is 0. The molecule has 0 saturated heterocycles. The van der Waals surface area contributed by atoms with Crippen LogP contribution in [-0.2, 0) is 16.4 Å². The molecule has 2 atom stereocenters. The van der Waals surface area contributed by atoms with Gasteiger partial charge >= 0.3 is 0 Å². The molecular formula is C40H37BN2Si. The summed E-state index contributed by atoms with van der Waals surface area (Å²) in [7, 11) is -1.92. The normalized spacial score (nSPS) is 24.7. The maximum Gasteiger partial charge on any atom is 0.252 e. The Kier molecular flexibility index (Phi) is 4.28. The Hall–Kier alpha value is -4.02. The molecule has 0 fully saturated rings. The molecule has 5 aromatic carbocycles. The highest BCUT2D eigenvalue weighted by Crippen LogP contribution is 2.71. The molecule has 2 nitrogen and oxygen atoms in total. The van der Waals surface area contributed by atoms with Gasteiger partial charge in [0.2, 0.25) is 0 Å². The number of anilines is 5. The molecule has 0 bridgehead atoms. The minimum Gasteiger partial charge on any atom is -0.331 e. The van der Waals surface area contributed by atoms with Crippen LogP contribution >= 0.6 is 0 Å². The number of benzene rings is 5. The minimum absolute atomic E-state index is 0.0398. The van der Waals surface area contributed by atoms with Gasteiger partial charge in [-0.3, -0.25) is 0 Å². The van der Waals surface area contributed by atoms with Gasteiger partial charge in [-0.15, -0.1) is 0 Å². The number of aryl methyl sites for hydroxylation is 1. The fraction of sp³-hybridized carbons (Fsp3) is 0.250. The van der Waals surface area contributed by atoms with Crippen molar-refractivity contribution in [2.24, 2.45) is 0 Å². The van der Waals surface area contributed by atoms with E-state index in [9.17, 15) is 0 Å². The predicted molar refractivity (Wildman–Crippen MR) is 190 cm³/mol. The van der Waals surface area contributed by atoms with Gasteiger partial charge in [-0.2, -0.15) is 0 Å². The zero-order valence-electron chi connectivity index (χ0n) is 26.7. The number of fused-ring (bicyclic) bond motifs is 11. The highest BCUT2D eigenvalue weighted by atomic mass is 28.3. The lowest BCUT2D eigenvalue weighted by atomic mass is 9.33. The summed E-state index contributed by atoms with van der Waals surface area (Å²) in [5, 5.41) is 3.09. The molecule has 4 heterocycles. The van der Waals surface area contributed by atoms with Crippen molar-refractivity contribution in [3.8, 4) is 0 Å². The zero-order valence-corrected chi connectivity index (χ0v) is 27.7. The van der Waals surface area contributed by atoms with Gasteiger partial charge in [0.15, 0.2) is 0 Å². The fourth-order valence-electron chi connectivity index (χ4n) is 10.7. The average molecular weight is 585 g/mol. The van der Waals surface area contributed by atoms with Gasteiger partial charge in [0, 0.05) is 39.3 Å². The Morgan fingerprint density at radius 2 is 1.23 bits per heavy atom. The van der Waals surface area contributed by atoms with Crippen molar-refractivity contribution in [3.05, 3.63) is 119 Å². The largest absolute Gasteiger partial charge is 0.331 e. The van der Waals surface area contributed by atoms with Gasteiger partial charge in [0.05, 0.1) is 5.54 Å². The van der Waals surface area contributed by atoms with Crippen LogP contribution in [0.5, 0.6) is 0 Å². The van der Waals surface area contributed by atoms with Crippen LogP contribution in [0.2, 0.25) is 13.1 Å². The van der Waals surface area contributed by atoms with Crippen LogP contribution in [0, 0.1) is 6.92 Å². The molecule has 4 heteroatoms. The smallest absolute Gasteiger partial charge is 0.252 e. The van der Waals surface area contributed by atoms with Crippen molar-refractivity contribution in [1.29, 1.82) is 0 Å². The van der Waals surface area contributed by atoms with Gasteiger partial charge in [-0.25, -0.2) is 0 Å². The third-order valence-corrected chi connectivity index (χ3v) is 16.6. The lowest BCUT2D eigenvalue weighted by Gasteiger charge is -2.52. The van der Waals surface area contributed by atoms with Crippen molar-refractivity contribution in [3.63, 3.8) is 0 Å². The van der Waals surface area contributed by atoms with Gasteiger partial charge in [0.25, 0.3) is 6.71 Å². The topological polar surface area (TPSA) is 6.48 Å². The lowest BCUT2D eigenvalue weighted by molar-refractivity contribution is 0.208. The average Bonchev–Trinajstić information content (AvgIpc) is 3.31. The van der Waals surface area contributed by atoms with E-state index >= 15 is 0 Å². The summed E-state index contributed by atoms with van der Waals surface area (Å²) in [6.45, 7) is 17.7. The first-order valence-corrected chi connectivity index (χ1v) is 19.3. The molecule has 4 aliphatic heterocycles. The lowest BCUT2D eigenvalue weighted by Crippen LogP contribution is -2.68. The van der Waals surface area contributed by atoms with Crippen LogP contribution in [0.15, 0.2) is 97.1 Å². The van der Waals surface area contributed by atoms with E-state index in [1.54, 1.807) is 5.19 Å². The zero-order chi connectivity index (χ0) is 30.1. The Morgan fingerprint density at radius 1 is 0.614 bits per heavy atom. The maximum absolute atomic E-state index is 2.80. The van der Waals surface area contributed by atoms with E-state index in [1.165, 1.54) is 72.3 Å². The van der Waals surface area contributed by atoms with E-state index in [2.05, 4.69) is 155 Å². The van der Waals surface area contributed by atoms with Crippen LogP contribution in [-0.4, -0.2) is 14.8 Å². The predicted octanol–water partition coefficient (Wildman–Crippen LogP) is 6.36. The first-order chi connectivity index (χ1) is 21.0. The Labute approximate surface area is 262 Å². The van der Waals surface area contributed by atoms with Gasteiger partial charge in [-0.05, 0) is 81.1 Å². The summed E-state index contributed by atoms with van der Waals surface area (Å²) in [5.41, 5.74) is 16.8. The molecule has 0 saturated carbocycles. The molecule has 0 amide bonds. The van der Waals surface area contributed by atoms with Crippen LogP contribution in [0.1, 0.15) is 49.9 Å². The summed E-state index contributed by atoms with van der Waals surface area (Å²) in [6, 6.07) is 38.0. The molecule has 5 aliphatic rings. The Balaban J connectivity index is 1.38. The van der Waals surface area contributed by atoms with Crippen LogP contribution in [0.3, 0.4) is 0 Å². The molecule has 0 N–H and O–H groups in total. The van der Waals surface area contributed by atoms with E-state index in [0.717, 1.165) is 0 Å². The monoisotopic (exact) mass is 584 g/mol. The SMILES string of the molecule is Cc1cc2c3c(c1)N1c4c(cccc4C4(C)C(C)(C)c5ccccc5C14C)B3c1cccc3c1N2c1ccccc1[Si]3(C)C. The fourth-order valence-corrected chi connectivity index (χ4v) is 13.7. The molecule has 0 radical (unpaired) electrons. The molecular weight excluding hydrogens is 547 g/mol. The summed E-state index contributed by atoms with van der Waals surface area (Å²) in [4.78, 5) is 5.45. The van der Waals surface area contributed by atoms with Crippen molar-refractivity contribution >= 4 is 70.0 Å². The third kappa shape index (κ3) is 2.37. The van der Waals surface area contributed by atoms with Crippen LogP contribution in [0.4, 0.5) is 28.4 Å². The second kappa shape index (κ2) is 7.43. The molecule has 214 valence electrons. The molecule has 5 aromatic rings. The van der Waals surface area contributed by atoms with Gasteiger partial charge < -0.3 is 9.80 Å². The number of para-hydroxylation sites is 3. The first kappa shape index (κ1) is 25.3. The van der Waals surface area contributed by atoms with Crippen molar-refractivity contribution in [1.82, 2.24) is 0 Å². The Morgan fingerprint density at radius 3 is 2.02 bits per heavy atom. The number of hydrogen-bond donors (Lipinski definition) is 0. The molecule has 1 aliphatic carbocycles. The summed E-state index contributed by atoms with van der Waals surface area (Å²) < 4.78 is 0. The van der Waals surface area contributed by atoms with Gasteiger partial charge in [0.1, 0.15) is 8.07 Å². The molecule has 10 rings (SSSR count). The van der Waals surface area contributed by atoms with Crippen molar-refractivity contribution in [2.75, 3.05) is 9.80 Å². The second-order valence-corrected chi connectivity index (χ2v) is 19.6. The third-order valence-electron chi connectivity index (χ3n) is 13.1. The van der Waals surface area contributed by atoms with E-state index in [1.807, 2.05) is 0 Å².